The molecule has 0 unspecified atom stereocenters. The fourth-order valence-corrected chi connectivity index (χ4v) is 3.08. The third kappa shape index (κ3) is 5.15. The molecule has 2 aromatic carbocycles. The van der Waals surface area contributed by atoms with E-state index in [0.717, 1.165) is 12.3 Å². The standard InChI is InChI=1S/C19H18F3N3O3S/c1-28-16-9-5-14(6-10-16)17-11-18(19(20,21)22)24-25(17)15-7-3-13(4-8-15)12-23-29(2,26)27/h3-11,23H,12H2,1-2H3. The molecule has 0 fully saturated rings. The molecular formula is C19H18F3N3O3S. The number of benzene rings is 2. The summed E-state index contributed by atoms with van der Waals surface area (Å²) in [6.45, 7) is 0.0807. The quantitative estimate of drug-likeness (QED) is 0.655. The van der Waals surface area contributed by atoms with E-state index in [0.29, 0.717) is 22.6 Å². The highest BCUT2D eigenvalue weighted by Crippen LogP contribution is 2.33. The van der Waals surface area contributed by atoms with Gasteiger partial charge in [-0.3, -0.25) is 0 Å². The number of nitrogens with one attached hydrogen (secondary N) is 1. The van der Waals surface area contributed by atoms with Gasteiger partial charge in [-0.15, -0.1) is 0 Å². The van der Waals surface area contributed by atoms with E-state index < -0.39 is 21.9 Å². The number of sulfonamides is 1. The Morgan fingerprint density at radius 1 is 1.07 bits per heavy atom. The predicted molar refractivity (Wildman–Crippen MR) is 102 cm³/mol. The first-order valence-corrected chi connectivity index (χ1v) is 10.3. The van der Waals surface area contributed by atoms with E-state index in [-0.39, 0.29) is 12.2 Å². The number of aromatic nitrogens is 2. The van der Waals surface area contributed by atoms with E-state index in [2.05, 4.69) is 9.82 Å². The second-order valence-corrected chi connectivity index (χ2v) is 8.15. The summed E-state index contributed by atoms with van der Waals surface area (Å²) < 4.78 is 70.8. The lowest BCUT2D eigenvalue weighted by molar-refractivity contribution is -0.141. The summed E-state index contributed by atoms with van der Waals surface area (Å²) >= 11 is 0. The smallest absolute Gasteiger partial charge is 0.435 e. The number of methoxy groups -OCH3 is 1. The molecule has 1 aromatic heterocycles. The maximum atomic E-state index is 13.2. The van der Waals surface area contributed by atoms with Crippen LogP contribution in [-0.2, 0) is 22.7 Å². The predicted octanol–water partition coefficient (Wildman–Crippen LogP) is 3.62. The summed E-state index contributed by atoms with van der Waals surface area (Å²) in [4.78, 5) is 0. The Morgan fingerprint density at radius 3 is 2.21 bits per heavy atom. The average Bonchev–Trinajstić information content (AvgIpc) is 3.12. The van der Waals surface area contributed by atoms with Gasteiger partial charge in [-0.25, -0.2) is 17.8 Å². The van der Waals surface area contributed by atoms with Gasteiger partial charge < -0.3 is 4.74 Å². The zero-order chi connectivity index (χ0) is 21.2. The Morgan fingerprint density at radius 2 is 1.69 bits per heavy atom. The average molecular weight is 425 g/mol. The first kappa shape index (κ1) is 20.9. The number of ether oxygens (including phenoxy) is 1. The minimum atomic E-state index is -4.59. The monoisotopic (exact) mass is 425 g/mol. The van der Waals surface area contributed by atoms with Crippen molar-refractivity contribution in [3.63, 3.8) is 0 Å². The van der Waals surface area contributed by atoms with Crippen LogP contribution in [-0.4, -0.2) is 31.6 Å². The minimum Gasteiger partial charge on any atom is -0.497 e. The highest BCUT2D eigenvalue weighted by molar-refractivity contribution is 7.88. The molecule has 0 aliphatic rings. The molecule has 0 aliphatic carbocycles. The normalized spacial score (nSPS) is 12.2. The largest absolute Gasteiger partial charge is 0.497 e. The fourth-order valence-electron chi connectivity index (χ4n) is 2.65. The van der Waals surface area contributed by atoms with Crippen LogP contribution >= 0.6 is 0 Å². The summed E-state index contributed by atoms with van der Waals surface area (Å²) in [5.74, 6) is 0.582. The number of nitrogens with zero attached hydrogens (tertiary/aromatic N) is 2. The lowest BCUT2D eigenvalue weighted by atomic mass is 10.1. The summed E-state index contributed by atoms with van der Waals surface area (Å²) in [6.07, 6.45) is -3.54. The Balaban J connectivity index is 2.00. The molecule has 0 bridgehead atoms. The van der Waals surface area contributed by atoms with E-state index in [1.165, 1.54) is 11.8 Å². The summed E-state index contributed by atoms with van der Waals surface area (Å²) in [7, 11) is -1.85. The molecular weight excluding hydrogens is 407 g/mol. The maximum Gasteiger partial charge on any atom is 0.435 e. The van der Waals surface area contributed by atoms with E-state index in [9.17, 15) is 21.6 Å². The molecule has 0 aliphatic heterocycles. The molecule has 154 valence electrons. The van der Waals surface area contributed by atoms with Crippen molar-refractivity contribution in [2.45, 2.75) is 12.7 Å². The van der Waals surface area contributed by atoms with Gasteiger partial charge in [0.1, 0.15) is 5.75 Å². The third-order valence-corrected chi connectivity index (χ3v) is 4.77. The van der Waals surface area contributed by atoms with E-state index in [1.54, 1.807) is 48.5 Å². The van der Waals surface area contributed by atoms with Crippen LogP contribution in [0.25, 0.3) is 16.9 Å². The van der Waals surface area contributed by atoms with Gasteiger partial charge in [-0.1, -0.05) is 12.1 Å². The molecule has 0 spiro atoms. The summed E-state index contributed by atoms with van der Waals surface area (Å²) in [5.41, 5.74) is 0.868. The summed E-state index contributed by atoms with van der Waals surface area (Å²) in [6, 6.07) is 14.0. The summed E-state index contributed by atoms with van der Waals surface area (Å²) in [5, 5.41) is 3.73. The van der Waals surface area contributed by atoms with Gasteiger partial charge in [0.15, 0.2) is 5.69 Å². The number of hydrogen-bond acceptors (Lipinski definition) is 4. The Kier molecular flexibility index (Phi) is 5.67. The van der Waals surface area contributed by atoms with Gasteiger partial charge in [-0.2, -0.15) is 18.3 Å². The molecule has 3 rings (SSSR count). The molecule has 0 radical (unpaired) electrons. The molecule has 3 aromatic rings. The topological polar surface area (TPSA) is 73.2 Å². The Labute approximate surface area is 166 Å². The molecule has 29 heavy (non-hydrogen) atoms. The van der Waals surface area contributed by atoms with Crippen molar-refractivity contribution < 1.29 is 26.3 Å². The maximum absolute atomic E-state index is 13.2. The molecule has 0 saturated carbocycles. The van der Waals surface area contributed by atoms with Gasteiger partial charge in [0.05, 0.1) is 24.7 Å². The SMILES string of the molecule is COc1ccc(-c2cc(C(F)(F)F)nn2-c2ccc(CNS(C)(=O)=O)cc2)cc1. The highest BCUT2D eigenvalue weighted by atomic mass is 32.2. The number of halogens is 3. The molecule has 0 atom stereocenters. The minimum absolute atomic E-state index is 0.0807. The van der Waals surface area contributed by atoms with Crippen molar-refractivity contribution in [2.75, 3.05) is 13.4 Å². The Bertz CT molecular complexity index is 1090. The molecule has 1 heterocycles. The lowest BCUT2D eigenvalue weighted by Gasteiger charge is -2.10. The van der Waals surface area contributed by atoms with E-state index >= 15 is 0 Å². The van der Waals surface area contributed by atoms with Crippen molar-refractivity contribution >= 4 is 10.0 Å². The fraction of sp³-hybridized carbons (Fsp3) is 0.211. The first-order chi connectivity index (χ1) is 13.6. The molecule has 0 amide bonds. The van der Waals surface area contributed by atoms with Crippen LogP contribution in [0.4, 0.5) is 13.2 Å². The van der Waals surface area contributed by atoms with Crippen molar-refractivity contribution in [1.29, 1.82) is 0 Å². The highest BCUT2D eigenvalue weighted by Gasteiger charge is 2.35. The van der Waals surface area contributed by atoms with Crippen LogP contribution in [0.3, 0.4) is 0 Å². The number of rotatable bonds is 6. The van der Waals surface area contributed by atoms with Crippen molar-refractivity contribution in [3.05, 3.63) is 65.9 Å². The van der Waals surface area contributed by atoms with Crippen LogP contribution in [0.1, 0.15) is 11.3 Å². The number of hydrogen-bond donors (Lipinski definition) is 1. The van der Waals surface area contributed by atoms with Gasteiger partial charge in [0, 0.05) is 12.1 Å². The van der Waals surface area contributed by atoms with Gasteiger partial charge in [0.2, 0.25) is 10.0 Å². The van der Waals surface area contributed by atoms with Gasteiger partial charge in [0.25, 0.3) is 0 Å². The zero-order valence-electron chi connectivity index (χ0n) is 15.6. The van der Waals surface area contributed by atoms with Crippen molar-refractivity contribution in [3.8, 4) is 22.7 Å². The van der Waals surface area contributed by atoms with Gasteiger partial charge >= 0.3 is 6.18 Å². The van der Waals surface area contributed by atoms with Crippen LogP contribution in [0.2, 0.25) is 0 Å². The van der Waals surface area contributed by atoms with Crippen LogP contribution in [0, 0.1) is 0 Å². The van der Waals surface area contributed by atoms with E-state index in [1.807, 2.05) is 0 Å². The van der Waals surface area contributed by atoms with E-state index in [4.69, 9.17) is 4.74 Å². The molecule has 6 nitrogen and oxygen atoms in total. The second kappa shape index (κ2) is 7.88. The van der Waals surface area contributed by atoms with Crippen LogP contribution in [0.15, 0.2) is 54.6 Å². The Hall–Kier alpha value is -2.85. The van der Waals surface area contributed by atoms with Crippen molar-refractivity contribution in [1.82, 2.24) is 14.5 Å². The van der Waals surface area contributed by atoms with Crippen molar-refractivity contribution in [2.24, 2.45) is 0 Å². The van der Waals surface area contributed by atoms with Crippen LogP contribution in [0.5, 0.6) is 5.75 Å². The van der Waals surface area contributed by atoms with Gasteiger partial charge in [-0.05, 0) is 48.0 Å². The molecule has 1 N–H and O–H groups in total. The first-order valence-electron chi connectivity index (χ1n) is 8.42. The second-order valence-electron chi connectivity index (χ2n) is 6.31. The zero-order valence-corrected chi connectivity index (χ0v) is 16.4. The van der Waals surface area contributed by atoms with Crippen LogP contribution < -0.4 is 9.46 Å². The number of alkyl halides is 3. The lowest BCUT2D eigenvalue weighted by Crippen LogP contribution is -2.21. The molecule has 10 heteroatoms. The third-order valence-electron chi connectivity index (χ3n) is 4.10. The molecule has 0 saturated heterocycles.